The molecule has 0 fully saturated rings. The minimum atomic E-state index is 0.517. The monoisotopic (exact) mass is 186 g/mol. The van der Waals surface area contributed by atoms with Crippen molar-refractivity contribution in [3.05, 3.63) is 35.7 Å². The van der Waals surface area contributed by atoms with E-state index in [0.29, 0.717) is 5.92 Å². The van der Waals surface area contributed by atoms with Gasteiger partial charge in [-0.2, -0.15) is 0 Å². The number of rotatable bonds is 1. The van der Waals surface area contributed by atoms with E-state index in [1.54, 1.807) is 6.20 Å². The second-order valence-electron chi connectivity index (χ2n) is 3.88. The van der Waals surface area contributed by atoms with E-state index in [4.69, 9.17) is 0 Å². The lowest BCUT2D eigenvalue weighted by Crippen LogP contribution is -1.95. The van der Waals surface area contributed by atoms with E-state index < -0.39 is 0 Å². The highest BCUT2D eigenvalue weighted by Gasteiger charge is 2.07. The third-order valence-electron chi connectivity index (χ3n) is 2.37. The predicted molar refractivity (Wildman–Crippen MR) is 58.4 cm³/mol. The van der Waals surface area contributed by atoms with Crippen LogP contribution in [0.5, 0.6) is 0 Å². The lowest BCUT2D eigenvalue weighted by atomic mass is 10.00. The van der Waals surface area contributed by atoms with Gasteiger partial charge in [0.2, 0.25) is 0 Å². The van der Waals surface area contributed by atoms with Gasteiger partial charge in [-0.25, -0.2) is 9.97 Å². The molecule has 0 aromatic carbocycles. The molecule has 0 bridgehead atoms. The normalized spacial score (nSPS) is 11.1. The van der Waals surface area contributed by atoms with Crippen LogP contribution in [-0.2, 0) is 0 Å². The Bertz CT molecular complexity index is 461. The van der Waals surface area contributed by atoms with Crippen molar-refractivity contribution in [1.82, 2.24) is 9.97 Å². The van der Waals surface area contributed by atoms with Gasteiger partial charge in [-0.1, -0.05) is 13.8 Å². The first-order chi connectivity index (χ1) is 6.68. The van der Waals surface area contributed by atoms with Crippen LogP contribution < -0.4 is 0 Å². The molecule has 0 aliphatic rings. The molecule has 0 saturated carbocycles. The zero-order valence-corrected chi connectivity index (χ0v) is 8.78. The summed E-state index contributed by atoms with van der Waals surface area (Å²) in [5.41, 5.74) is 3.23. The fourth-order valence-electron chi connectivity index (χ4n) is 1.69. The maximum Gasteiger partial charge on any atom is 0.159 e. The molecule has 0 N–H and O–H groups in total. The number of aryl methyl sites for hydroxylation is 1. The molecule has 14 heavy (non-hydrogen) atoms. The largest absolute Gasteiger partial charge is 0.237 e. The summed E-state index contributed by atoms with van der Waals surface area (Å²) in [6, 6.07) is 6.20. The molecule has 2 heteroatoms. The SMILES string of the molecule is Cc1cc(C(C)C)c2cccnc2n1. The molecule has 72 valence electrons. The Hall–Kier alpha value is -1.44. The molecule has 0 aliphatic heterocycles. The molecule has 0 aliphatic carbocycles. The van der Waals surface area contributed by atoms with Crippen molar-refractivity contribution in [1.29, 1.82) is 0 Å². The van der Waals surface area contributed by atoms with E-state index >= 15 is 0 Å². The first kappa shape index (κ1) is 9.13. The van der Waals surface area contributed by atoms with Crippen molar-refractivity contribution in [2.45, 2.75) is 26.7 Å². The maximum atomic E-state index is 4.41. The summed E-state index contributed by atoms with van der Waals surface area (Å²) < 4.78 is 0. The molecule has 2 rings (SSSR count). The quantitative estimate of drug-likeness (QED) is 0.684. The third-order valence-corrected chi connectivity index (χ3v) is 2.37. The number of aromatic nitrogens is 2. The van der Waals surface area contributed by atoms with Crippen molar-refractivity contribution in [2.24, 2.45) is 0 Å². The van der Waals surface area contributed by atoms with Gasteiger partial charge in [0, 0.05) is 17.3 Å². The summed E-state index contributed by atoms with van der Waals surface area (Å²) in [5.74, 6) is 0.517. The Morgan fingerprint density at radius 1 is 1.29 bits per heavy atom. The Morgan fingerprint density at radius 3 is 2.79 bits per heavy atom. The van der Waals surface area contributed by atoms with Crippen LogP contribution in [0.25, 0.3) is 11.0 Å². The summed E-state index contributed by atoms with van der Waals surface area (Å²) in [7, 11) is 0. The van der Waals surface area contributed by atoms with Gasteiger partial charge in [0.1, 0.15) is 0 Å². The molecule has 0 spiro atoms. The van der Waals surface area contributed by atoms with Gasteiger partial charge in [-0.15, -0.1) is 0 Å². The Balaban J connectivity index is 2.80. The van der Waals surface area contributed by atoms with Crippen LogP contribution in [0.15, 0.2) is 24.4 Å². The summed E-state index contributed by atoms with van der Waals surface area (Å²) in [4.78, 5) is 8.68. The molecule has 0 radical (unpaired) electrons. The lowest BCUT2D eigenvalue weighted by Gasteiger charge is -2.09. The summed E-state index contributed by atoms with van der Waals surface area (Å²) in [5, 5.41) is 1.17. The van der Waals surface area contributed by atoms with Gasteiger partial charge in [-0.05, 0) is 36.6 Å². The van der Waals surface area contributed by atoms with E-state index in [2.05, 4.69) is 35.9 Å². The van der Waals surface area contributed by atoms with E-state index in [9.17, 15) is 0 Å². The molecule has 0 saturated heterocycles. The van der Waals surface area contributed by atoms with Crippen LogP contribution in [0.2, 0.25) is 0 Å². The molecule has 2 nitrogen and oxygen atoms in total. The zero-order chi connectivity index (χ0) is 10.1. The number of pyridine rings is 2. The first-order valence-corrected chi connectivity index (χ1v) is 4.91. The lowest BCUT2D eigenvalue weighted by molar-refractivity contribution is 0.870. The second-order valence-corrected chi connectivity index (χ2v) is 3.88. The molecule has 2 heterocycles. The summed E-state index contributed by atoms with van der Waals surface area (Å²) in [6.07, 6.45) is 1.79. The average Bonchev–Trinajstić information content (AvgIpc) is 2.16. The fourth-order valence-corrected chi connectivity index (χ4v) is 1.69. The van der Waals surface area contributed by atoms with Crippen LogP contribution in [0.3, 0.4) is 0 Å². The van der Waals surface area contributed by atoms with Gasteiger partial charge in [-0.3, -0.25) is 0 Å². The van der Waals surface area contributed by atoms with Crippen LogP contribution in [0, 0.1) is 6.92 Å². The summed E-state index contributed by atoms with van der Waals surface area (Å²) >= 11 is 0. The molecule has 0 unspecified atom stereocenters. The van der Waals surface area contributed by atoms with Gasteiger partial charge >= 0.3 is 0 Å². The molecule has 2 aromatic heterocycles. The average molecular weight is 186 g/mol. The van der Waals surface area contributed by atoms with Crippen LogP contribution >= 0.6 is 0 Å². The zero-order valence-electron chi connectivity index (χ0n) is 8.78. The minimum Gasteiger partial charge on any atom is -0.237 e. The second kappa shape index (κ2) is 3.37. The standard InChI is InChI=1S/C12H14N2/c1-8(2)11-7-9(3)14-12-10(11)5-4-6-13-12/h4-8H,1-3H3. The number of hydrogen-bond donors (Lipinski definition) is 0. The first-order valence-electron chi connectivity index (χ1n) is 4.91. The topological polar surface area (TPSA) is 25.8 Å². The van der Waals surface area contributed by atoms with E-state index in [1.807, 2.05) is 13.0 Å². The van der Waals surface area contributed by atoms with Gasteiger partial charge in [0.15, 0.2) is 5.65 Å². The van der Waals surface area contributed by atoms with Crippen molar-refractivity contribution < 1.29 is 0 Å². The van der Waals surface area contributed by atoms with Crippen molar-refractivity contribution in [3.63, 3.8) is 0 Å². The third kappa shape index (κ3) is 1.48. The van der Waals surface area contributed by atoms with Crippen LogP contribution in [-0.4, -0.2) is 9.97 Å². The smallest absolute Gasteiger partial charge is 0.159 e. The highest BCUT2D eigenvalue weighted by Crippen LogP contribution is 2.23. The maximum absolute atomic E-state index is 4.41. The Kier molecular flexibility index (Phi) is 2.20. The van der Waals surface area contributed by atoms with E-state index in [1.165, 1.54) is 10.9 Å². The number of nitrogens with zero attached hydrogens (tertiary/aromatic N) is 2. The van der Waals surface area contributed by atoms with Gasteiger partial charge in [0.25, 0.3) is 0 Å². The fraction of sp³-hybridized carbons (Fsp3) is 0.333. The number of hydrogen-bond acceptors (Lipinski definition) is 2. The highest BCUT2D eigenvalue weighted by atomic mass is 14.8. The molecular weight excluding hydrogens is 172 g/mol. The van der Waals surface area contributed by atoms with Crippen molar-refractivity contribution in [2.75, 3.05) is 0 Å². The minimum absolute atomic E-state index is 0.517. The van der Waals surface area contributed by atoms with Crippen LogP contribution in [0.1, 0.15) is 31.0 Å². The Labute approximate surface area is 84.0 Å². The molecule has 2 aromatic rings. The van der Waals surface area contributed by atoms with Gasteiger partial charge in [0.05, 0.1) is 0 Å². The van der Waals surface area contributed by atoms with E-state index in [0.717, 1.165) is 11.3 Å². The summed E-state index contributed by atoms with van der Waals surface area (Å²) in [6.45, 7) is 6.41. The van der Waals surface area contributed by atoms with Crippen molar-refractivity contribution >= 4 is 11.0 Å². The Morgan fingerprint density at radius 2 is 2.07 bits per heavy atom. The molecule has 0 atom stereocenters. The van der Waals surface area contributed by atoms with Gasteiger partial charge < -0.3 is 0 Å². The van der Waals surface area contributed by atoms with Crippen molar-refractivity contribution in [3.8, 4) is 0 Å². The molecule has 0 amide bonds. The highest BCUT2D eigenvalue weighted by molar-refractivity contribution is 5.79. The van der Waals surface area contributed by atoms with Crippen LogP contribution in [0.4, 0.5) is 0 Å². The predicted octanol–water partition coefficient (Wildman–Crippen LogP) is 3.06. The molecular formula is C12H14N2. The number of fused-ring (bicyclic) bond motifs is 1. The van der Waals surface area contributed by atoms with E-state index in [-0.39, 0.29) is 0 Å².